The van der Waals surface area contributed by atoms with Crippen molar-refractivity contribution in [2.45, 2.75) is 39.2 Å². The van der Waals surface area contributed by atoms with Crippen LogP contribution in [0.1, 0.15) is 31.7 Å². The van der Waals surface area contributed by atoms with Gasteiger partial charge in [-0.2, -0.15) is 0 Å². The number of benzene rings is 1. The molecule has 26 heavy (non-hydrogen) atoms. The predicted octanol–water partition coefficient (Wildman–Crippen LogP) is 2.56. The molecule has 2 fully saturated rings. The third kappa shape index (κ3) is 3.62. The van der Waals surface area contributed by atoms with Crippen molar-refractivity contribution < 1.29 is 19.1 Å². The third-order valence-electron chi connectivity index (χ3n) is 5.05. The van der Waals surface area contributed by atoms with Crippen molar-refractivity contribution in [3.63, 3.8) is 0 Å². The Bertz CT molecular complexity index is 736. The van der Waals surface area contributed by atoms with Crippen molar-refractivity contribution in [2.24, 2.45) is 5.92 Å². The summed E-state index contributed by atoms with van der Waals surface area (Å²) in [5, 5.41) is 0.520. The molecule has 0 spiro atoms. The maximum atomic E-state index is 12.9. The SMILES string of the molecule is CCOC(=O)[C@H]1CCCN([C@@H]2CC(=O)N(c3ccc(C)c(Cl)c3)C2=O)C1. The fourth-order valence-corrected chi connectivity index (χ4v) is 3.81. The minimum atomic E-state index is -0.528. The average Bonchev–Trinajstić information content (AvgIpc) is 2.92. The molecular weight excluding hydrogens is 356 g/mol. The number of imide groups is 1. The molecule has 0 radical (unpaired) electrons. The highest BCUT2D eigenvalue weighted by atomic mass is 35.5. The number of nitrogens with zero attached hydrogens (tertiary/aromatic N) is 2. The summed E-state index contributed by atoms with van der Waals surface area (Å²) in [6, 6.07) is 4.65. The first-order valence-corrected chi connectivity index (χ1v) is 9.33. The first kappa shape index (κ1) is 18.9. The molecule has 2 atom stereocenters. The normalized spacial score (nSPS) is 24.2. The molecule has 2 saturated heterocycles. The van der Waals surface area contributed by atoms with Crippen LogP contribution in [0.15, 0.2) is 18.2 Å². The molecule has 0 bridgehead atoms. The molecule has 2 heterocycles. The number of aryl methyl sites for hydroxylation is 1. The topological polar surface area (TPSA) is 66.9 Å². The monoisotopic (exact) mass is 378 g/mol. The van der Waals surface area contributed by atoms with Crippen molar-refractivity contribution in [2.75, 3.05) is 24.6 Å². The van der Waals surface area contributed by atoms with Gasteiger partial charge in [0.25, 0.3) is 5.91 Å². The summed E-state index contributed by atoms with van der Waals surface area (Å²) in [6.45, 7) is 5.14. The number of carbonyl (C=O) groups is 3. The second-order valence-electron chi connectivity index (χ2n) is 6.81. The van der Waals surface area contributed by atoms with Gasteiger partial charge in [-0.1, -0.05) is 17.7 Å². The van der Waals surface area contributed by atoms with E-state index in [4.69, 9.17) is 16.3 Å². The van der Waals surface area contributed by atoms with Gasteiger partial charge in [-0.25, -0.2) is 4.90 Å². The van der Waals surface area contributed by atoms with Crippen LogP contribution in [0.3, 0.4) is 0 Å². The van der Waals surface area contributed by atoms with Gasteiger partial charge in [0.1, 0.15) is 0 Å². The zero-order valence-corrected chi connectivity index (χ0v) is 15.8. The van der Waals surface area contributed by atoms with E-state index in [2.05, 4.69) is 0 Å². The number of anilines is 1. The maximum absolute atomic E-state index is 12.9. The number of ether oxygens (including phenoxy) is 1. The van der Waals surface area contributed by atoms with E-state index in [1.807, 2.05) is 11.8 Å². The van der Waals surface area contributed by atoms with E-state index in [0.717, 1.165) is 18.4 Å². The van der Waals surface area contributed by atoms with Gasteiger partial charge in [-0.05, 0) is 50.9 Å². The second kappa shape index (κ2) is 7.76. The summed E-state index contributed by atoms with van der Waals surface area (Å²) in [7, 11) is 0. The van der Waals surface area contributed by atoms with Crippen LogP contribution in [0.2, 0.25) is 5.02 Å². The zero-order valence-electron chi connectivity index (χ0n) is 15.0. The highest BCUT2D eigenvalue weighted by Crippen LogP contribution is 2.31. The Labute approximate surface area is 158 Å². The van der Waals surface area contributed by atoms with Crippen molar-refractivity contribution >= 4 is 35.1 Å². The van der Waals surface area contributed by atoms with Gasteiger partial charge < -0.3 is 4.74 Å². The van der Waals surface area contributed by atoms with Crippen LogP contribution in [0.5, 0.6) is 0 Å². The van der Waals surface area contributed by atoms with Crippen LogP contribution in [-0.4, -0.2) is 48.4 Å². The lowest BCUT2D eigenvalue weighted by atomic mass is 9.96. The number of carbonyl (C=O) groups excluding carboxylic acids is 3. The Morgan fingerprint density at radius 3 is 2.81 bits per heavy atom. The molecule has 3 rings (SSSR count). The molecule has 2 aliphatic heterocycles. The molecule has 0 saturated carbocycles. The number of likely N-dealkylation sites (tertiary alicyclic amines) is 1. The number of hydrogen-bond donors (Lipinski definition) is 0. The smallest absolute Gasteiger partial charge is 0.310 e. The molecule has 2 aliphatic rings. The first-order chi connectivity index (χ1) is 12.4. The van der Waals surface area contributed by atoms with Crippen LogP contribution >= 0.6 is 11.6 Å². The van der Waals surface area contributed by atoms with Gasteiger partial charge in [-0.15, -0.1) is 0 Å². The molecule has 0 unspecified atom stereocenters. The van der Waals surface area contributed by atoms with Crippen LogP contribution in [0, 0.1) is 12.8 Å². The van der Waals surface area contributed by atoms with E-state index < -0.39 is 6.04 Å². The van der Waals surface area contributed by atoms with E-state index in [9.17, 15) is 14.4 Å². The summed E-state index contributed by atoms with van der Waals surface area (Å²) in [4.78, 5) is 40.6. The molecule has 2 amide bonds. The summed E-state index contributed by atoms with van der Waals surface area (Å²) in [5.74, 6) is -0.955. The van der Waals surface area contributed by atoms with E-state index in [1.165, 1.54) is 4.90 Å². The Kier molecular flexibility index (Phi) is 5.63. The minimum absolute atomic E-state index is 0.125. The lowest BCUT2D eigenvalue weighted by molar-refractivity contribution is -0.150. The van der Waals surface area contributed by atoms with E-state index in [1.54, 1.807) is 25.1 Å². The number of piperidine rings is 1. The number of esters is 1. The van der Waals surface area contributed by atoms with Crippen molar-refractivity contribution in [3.8, 4) is 0 Å². The fraction of sp³-hybridized carbons (Fsp3) is 0.526. The molecule has 7 heteroatoms. The molecule has 1 aromatic rings. The first-order valence-electron chi connectivity index (χ1n) is 8.96. The molecule has 0 aliphatic carbocycles. The lowest BCUT2D eigenvalue weighted by Gasteiger charge is -2.34. The van der Waals surface area contributed by atoms with E-state index in [0.29, 0.717) is 30.4 Å². The van der Waals surface area contributed by atoms with Gasteiger partial charge in [0, 0.05) is 11.6 Å². The van der Waals surface area contributed by atoms with E-state index >= 15 is 0 Å². The summed E-state index contributed by atoms with van der Waals surface area (Å²) in [5.41, 5.74) is 1.39. The highest BCUT2D eigenvalue weighted by molar-refractivity contribution is 6.32. The molecule has 6 nitrogen and oxygen atoms in total. The van der Waals surface area contributed by atoms with Crippen LogP contribution in [0.25, 0.3) is 0 Å². The highest BCUT2D eigenvalue weighted by Gasteiger charge is 2.44. The summed E-state index contributed by atoms with van der Waals surface area (Å²) in [6.07, 6.45) is 1.68. The molecular formula is C19H23ClN2O4. The van der Waals surface area contributed by atoms with Gasteiger partial charge in [0.2, 0.25) is 5.91 Å². The fourth-order valence-electron chi connectivity index (χ4n) is 3.64. The predicted molar refractivity (Wildman–Crippen MR) is 98.0 cm³/mol. The van der Waals surface area contributed by atoms with Crippen molar-refractivity contribution in [1.82, 2.24) is 4.90 Å². The van der Waals surface area contributed by atoms with Gasteiger partial charge in [-0.3, -0.25) is 19.3 Å². The minimum Gasteiger partial charge on any atom is -0.466 e. The Balaban J connectivity index is 1.75. The largest absolute Gasteiger partial charge is 0.466 e. The molecule has 0 aromatic heterocycles. The van der Waals surface area contributed by atoms with Crippen LogP contribution in [0.4, 0.5) is 5.69 Å². The lowest BCUT2D eigenvalue weighted by Crippen LogP contribution is -2.48. The Hall–Kier alpha value is -1.92. The van der Waals surface area contributed by atoms with Gasteiger partial charge in [0.15, 0.2) is 0 Å². The van der Waals surface area contributed by atoms with Crippen molar-refractivity contribution in [3.05, 3.63) is 28.8 Å². The number of hydrogen-bond acceptors (Lipinski definition) is 5. The number of amides is 2. The second-order valence-corrected chi connectivity index (χ2v) is 7.21. The maximum Gasteiger partial charge on any atom is 0.310 e. The molecule has 0 N–H and O–H groups in total. The Morgan fingerprint density at radius 1 is 1.35 bits per heavy atom. The Morgan fingerprint density at radius 2 is 2.12 bits per heavy atom. The third-order valence-corrected chi connectivity index (χ3v) is 5.46. The van der Waals surface area contributed by atoms with Crippen LogP contribution < -0.4 is 4.90 Å². The van der Waals surface area contributed by atoms with Crippen molar-refractivity contribution in [1.29, 1.82) is 0 Å². The summed E-state index contributed by atoms with van der Waals surface area (Å²) >= 11 is 6.15. The molecule has 140 valence electrons. The number of rotatable bonds is 4. The van der Waals surface area contributed by atoms with Crippen LogP contribution in [-0.2, 0) is 19.1 Å². The van der Waals surface area contributed by atoms with Gasteiger partial charge in [0.05, 0.1) is 30.7 Å². The van der Waals surface area contributed by atoms with E-state index in [-0.39, 0.29) is 30.1 Å². The number of halogens is 1. The van der Waals surface area contributed by atoms with Gasteiger partial charge >= 0.3 is 5.97 Å². The quantitative estimate of drug-likeness (QED) is 0.595. The standard InChI is InChI=1S/C19H23ClN2O4/c1-3-26-19(25)13-5-4-8-21(11-13)16-10-17(23)22(18(16)24)14-7-6-12(2)15(20)9-14/h6-7,9,13,16H,3-5,8,10-11H2,1-2H3/t13-,16+/m0/s1. The summed E-state index contributed by atoms with van der Waals surface area (Å²) < 4.78 is 5.11. The average molecular weight is 379 g/mol. The zero-order chi connectivity index (χ0) is 18.8. The molecule has 1 aromatic carbocycles.